The summed E-state index contributed by atoms with van der Waals surface area (Å²) >= 11 is 0. The number of aliphatic carboxylic acids is 1. The number of benzene rings is 1. The van der Waals surface area contributed by atoms with Crippen molar-refractivity contribution in [3.05, 3.63) is 36.2 Å². The van der Waals surface area contributed by atoms with Crippen LogP contribution in [-0.4, -0.2) is 40.0 Å². The second-order valence-corrected chi connectivity index (χ2v) is 5.54. The molecule has 6 heteroatoms. The van der Waals surface area contributed by atoms with E-state index < -0.39 is 5.97 Å². The number of nitrogens with two attached hydrogens (primary N) is 1. The Balaban J connectivity index is 1.86. The lowest BCUT2D eigenvalue weighted by atomic mass is 9.96. The molecule has 1 aliphatic heterocycles. The monoisotopic (exact) mass is 299 g/mol. The molecule has 3 N–H and O–H groups in total. The van der Waals surface area contributed by atoms with Crippen molar-refractivity contribution in [1.82, 2.24) is 9.88 Å². The van der Waals surface area contributed by atoms with Crippen molar-refractivity contribution < 1.29 is 14.7 Å². The number of nitrogen functional groups attached to an aromatic ring is 1. The molecule has 1 aromatic heterocycles. The highest BCUT2D eigenvalue weighted by Crippen LogP contribution is 2.23. The summed E-state index contributed by atoms with van der Waals surface area (Å²) in [6.07, 6.45) is 2.57. The zero-order chi connectivity index (χ0) is 15.7. The molecule has 1 saturated heterocycles. The number of aromatic nitrogens is 1. The summed E-state index contributed by atoms with van der Waals surface area (Å²) in [5, 5.41) is 10.7. The van der Waals surface area contributed by atoms with Crippen molar-refractivity contribution in [2.45, 2.75) is 12.8 Å². The maximum atomic E-state index is 12.7. The van der Waals surface area contributed by atoms with Crippen molar-refractivity contribution >= 4 is 28.3 Å². The van der Waals surface area contributed by atoms with Crippen LogP contribution < -0.4 is 5.73 Å². The molecule has 0 saturated carbocycles. The maximum Gasteiger partial charge on any atom is 0.306 e. The van der Waals surface area contributed by atoms with Crippen LogP contribution in [0, 0.1) is 5.92 Å². The number of carbonyl (C=O) groups excluding carboxylic acids is 1. The van der Waals surface area contributed by atoms with E-state index in [1.807, 2.05) is 12.1 Å². The largest absolute Gasteiger partial charge is 0.481 e. The molecule has 1 fully saturated rings. The highest BCUT2D eigenvalue weighted by Gasteiger charge is 2.28. The number of fused-ring (bicyclic) bond motifs is 1. The minimum atomic E-state index is -0.786. The first-order valence-electron chi connectivity index (χ1n) is 7.22. The third-order valence-corrected chi connectivity index (χ3v) is 4.12. The summed E-state index contributed by atoms with van der Waals surface area (Å²) in [5.41, 5.74) is 6.80. The van der Waals surface area contributed by atoms with E-state index in [0.717, 1.165) is 10.8 Å². The minimum Gasteiger partial charge on any atom is -0.481 e. The maximum absolute atomic E-state index is 12.7. The van der Waals surface area contributed by atoms with Crippen molar-refractivity contribution in [3.8, 4) is 0 Å². The number of carbonyl (C=O) groups is 2. The number of pyridine rings is 1. The van der Waals surface area contributed by atoms with Crippen LogP contribution >= 0.6 is 0 Å². The van der Waals surface area contributed by atoms with Crippen molar-refractivity contribution in [1.29, 1.82) is 0 Å². The van der Waals surface area contributed by atoms with Crippen molar-refractivity contribution in [2.24, 2.45) is 5.92 Å². The van der Waals surface area contributed by atoms with E-state index >= 15 is 0 Å². The van der Waals surface area contributed by atoms with E-state index in [1.165, 1.54) is 0 Å². The predicted octanol–water partition coefficient (Wildman–Crippen LogP) is 1.75. The average molecular weight is 299 g/mol. The molecule has 1 aromatic carbocycles. The number of anilines is 1. The molecule has 0 atom stereocenters. The summed E-state index contributed by atoms with van der Waals surface area (Å²) in [7, 11) is 0. The Kier molecular flexibility index (Phi) is 3.66. The van der Waals surface area contributed by atoms with Crippen molar-refractivity contribution in [2.75, 3.05) is 18.8 Å². The second-order valence-electron chi connectivity index (χ2n) is 5.54. The highest BCUT2D eigenvalue weighted by atomic mass is 16.4. The molecular weight excluding hydrogens is 282 g/mol. The number of rotatable bonds is 2. The molecule has 22 heavy (non-hydrogen) atoms. The van der Waals surface area contributed by atoms with Gasteiger partial charge in [-0.1, -0.05) is 0 Å². The Morgan fingerprint density at radius 2 is 1.95 bits per heavy atom. The van der Waals surface area contributed by atoms with Crippen LogP contribution in [0.15, 0.2) is 30.5 Å². The van der Waals surface area contributed by atoms with Gasteiger partial charge in [0.2, 0.25) is 0 Å². The Morgan fingerprint density at radius 1 is 1.23 bits per heavy atom. The first-order chi connectivity index (χ1) is 10.6. The Morgan fingerprint density at radius 3 is 2.64 bits per heavy atom. The van der Waals surface area contributed by atoms with Gasteiger partial charge in [0.1, 0.15) is 5.69 Å². The fourth-order valence-corrected chi connectivity index (χ4v) is 2.85. The van der Waals surface area contributed by atoms with Crippen LogP contribution in [0.4, 0.5) is 5.69 Å². The molecule has 1 aliphatic rings. The fraction of sp³-hybridized carbons (Fsp3) is 0.312. The second kappa shape index (κ2) is 5.63. The number of nitrogens with zero attached hydrogens (tertiary/aromatic N) is 2. The van der Waals surface area contributed by atoms with Crippen LogP contribution in [0.5, 0.6) is 0 Å². The lowest BCUT2D eigenvalue weighted by Gasteiger charge is -2.30. The molecule has 0 unspecified atom stereocenters. The van der Waals surface area contributed by atoms with Crippen LogP contribution in [-0.2, 0) is 4.79 Å². The molecule has 0 radical (unpaired) electrons. The predicted molar refractivity (Wildman–Crippen MR) is 82.4 cm³/mol. The Hall–Kier alpha value is -2.63. The van der Waals surface area contributed by atoms with Gasteiger partial charge in [-0.2, -0.15) is 0 Å². The number of likely N-dealkylation sites (tertiary alicyclic amines) is 1. The average Bonchev–Trinajstić information content (AvgIpc) is 2.53. The first kappa shape index (κ1) is 14.3. The van der Waals surface area contributed by atoms with Gasteiger partial charge in [-0.15, -0.1) is 0 Å². The molecule has 3 rings (SSSR count). The van der Waals surface area contributed by atoms with E-state index in [0.29, 0.717) is 37.3 Å². The summed E-state index contributed by atoms with van der Waals surface area (Å²) in [4.78, 5) is 29.5. The standard InChI is InChI=1S/C16H17N3O3/c17-12-1-2-13-11(9-12)3-6-18-14(13)15(20)19-7-4-10(5-8-19)16(21)22/h1-3,6,9-10H,4-5,7-8,17H2,(H,21,22). The molecule has 0 bridgehead atoms. The molecule has 2 heterocycles. The number of carboxylic acids is 1. The molecule has 1 amide bonds. The highest BCUT2D eigenvalue weighted by molar-refractivity contribution is 6.05. The Labute approximate surface area is 127 Å². The van der Waals surface area contributed by atoms with Gasteiger partial charge >= 0.3 is 5.97 Å². The summed E-state index contributed by atoms with van der Waals surface area (Å²) in [5.74, 6) is -1.30. The number of amides is 1. The zero-order valence-electron chi connectivity index (χ0n) is 12.0. The quantitative estimate of drug-likeness (QED) is 0.824. The normalized spacial score (nSPS) is 15.9. The minimum absolute atomic E-state index is 0.154. The Bertz CT molecular complexity index is 736. The van der Waals surface area contributed by atoms with Crippen LogP contribution in [0.25, 0.3) is 10.8 Å². The van der Waals surface area contributed by atoms with Crippen molar-refractivity contribution in [3.63, 3.8) is 0 Å². The van der Waals surface area contributed by atoms with Gasteiger partial charge in [0.15, 0.2) is 0 Å². The number of hydrogen-bond donors (Lipinski definition) is 2. The van der Waals surface area contributed by atoms with Gasteiger partial charge in [0.05, 0.1) is 5.92 Å². The summed E-state index contributed by atoms with van der Waals surface area (Å²) < 4.78 is 0. The molecule has 114 valence electrons. The number of hydrogen-bond acceptors (Lipinski definition) is 4. The van der Waals surface area contributed by atoms with Gasteiger partial charge in [-0.3, -0.25) is 14.6 Å². The molecule has 2 aromatic rings. The van der Waals surface area contributed by atoms with E-state index in [9.17, 15) is 9.59 Å². The topological polar surface area (TPSA) is 96.5 Å². The molecule has 0 aliphatic carbocycles. The summed E-state index contributed by atoms with van der Waals surface area (Å²) in [6.45, 7) is 0.895. The van der Waals surface area contributed by atoms with E-state index in [-0.39, 0.29) is 11.8 Å². The fourth-order valence-electron chi connectivity index (χ4n) is 2.85. The van der Waals surface area contributed by atoms with Gasteiger partial charge in [-0.25, -0.2) is 0 Å². The zero-order valence-corrected chi connectivity index (χ0v) is 12.0. The first-order valence-corrected chi connectivity index (χ1v) is 7.22. The lowest BCUT2D eigenvalue weighted by molar-refractivity contribution is -0.143. The smallest absolute Gasteiger partial charge is 0.306 e. The van der Waals surface area contributed by atoms with Crippen LogP contribution in [0.1, 0.15) is 23.3 Å². The number of piperidine rings is 1. The van der Waals surface area contributed by atoms with E-state index in [2.05, 4.69) is 4.98 Å². The SMILES string of the molecule is Nc1ccc2c(C(=O)N3CCC(C(=O)O)CC3)nccc2c1. The summed E-state index contributed by atoms with van der Waals surface area (Å²) in [6, 6.07) is 7.18. The molecule has 0 spiro atoms. The third-order valence-electron chi connectivity index (χ3n) is 4.12. The molecular formula is C16H17N3O3. The van der Waals surface area contributed by atoms with Gasteiger partial charge in [0.25, 0.3) is 5.91 Å². The lowest BCUT2D eigenvalue weighted by Crippen LogP contribution is -2.40. The third kappa shape index (κ3) is 2.59. The number of carboxylic acid groups (broad SMARTS) is 1. The van der Waals surface area contributed by atoms with Crippen LogP contribution in [0.2, 0.25) is 0 Å². The van der Waals surface area contributed by atoms with Crippen LogP contribution in [0.3, 0.4) is 0 Å². The van der Waals surface area contributed by atoms with Gasteiger partial charge in [0, 0.05) is 30.4 Å². The van der Waals surface area contributed by atoms with E-state index in [4.69, 9.17) is 10.8 Å². The molecule has 6 nitrogen and oxygen atoms in total. The van der Waals surface area contributed by atoms with Gasteiger partial charge < -0.3 is 15.7 Å². The van der Waals surface area contributed by atoms with E-state index in [1.54, 1.807) is 23.2 Å². The van der Waals surface area contributed by atoms with Gasteiger partial charge in [-0.05, 0) is 42.5 Å².